The molecule has 6 aromatic rings. The van der Waals surface area contributed by atoms with Crippen LogP contribution in [0.25, 0.3) is 27.6 Å². The molecule has 0 amide bonds. The second-order valence-corrected chi connectivity index (χ2v) is 14.2. The maximum atomic E-state index is 8.26. The Bertz CT molecular complexity index is 2170. The number of benzene rings is 4. The van der Waals surface area contributed by atoms with E-state index in [0.29, 0.717) is 0 Å². The quantitative estimate of drug-likeness (QED) is 0.202. The van der Waals surface area contributed by atoms with Crippen molar-refractivity contribution < 1.29 is 4.11 Å². The molecule has 0 spiro atoms. The molecule has 0 fully saturated rings. The van der Waals surface area contributed by atoms with Crippen LogP contribution in [0, 0.1) is 0 Å². The van der Waals surface area contributed by atoms with E-state index in [1.165, 1.54) is 21.2 Å². The fraction of sp³-hybridized carbons (Fsp3) is 0.275. The Kier molecular flexibility index (Phi) is 5.91. The van der Waals surface area contributed by atoms with Crippen LogP contribution in [0.15, 0.2) is 103 Å². The van der Waals surface area contributed by atoms with Gasteiger partial charge in [0.05, 0.1) is 29.1 Å². The first-order valence-electron chi connectivity index (χ1n) is 17.1. The third kappa shape index (κ3) is 5.01. The van der Waals surface area contributed by atoms with Gasteiger partial charge in [-0.25, -0.2) is 4.98 Å². The van der Waals surface area contributed by atoms with Crippen molar-refractivity contribution in [3.63, 3.8) is 0 Å². The van der Waals surface area contributed by atoms with Gasteiger partial charge >= 0.3 is 0 Å². The first-order chi connectivity index (χ1) is 22.6. The van der Waals surface area contributed by atoms with Crippen LogP contribution in [0.4, 0.5) is 28.4 Å². The molecule has 0 unspecified atom stereocenters. The summed E-state index contributed by atoms with van der Waals surface area (Å²) < 4.78 is 27.0. The van der Waals surface area contributed by atoms with E-state index in [0.717, 1.165) is 50.9 Å². The molecule has 7 rings (SSSR count). The molecule has 0 bridgehead atoms. The summed E-state index contributed by atoms with van der Waals surface area (Å²) in [6.07, 6.45) is 1.91. The molecule has 5 nitrogen and oxygen atoms in total. The summed E-state index contributed by atoms with van der Waals surface area (Å²) in [6.45, 7) is 11.2. The highest BCUT2D eigenvalue weighted by Gasteiger charge is 2.27. The molecule has 5 heteroatoms. The highest BCUT2D eigenvalue weighted by molar-refractivity contribution is 6.10. The Morgan fingerprint density at radius 2 is 1.42 bits per heavy atom. The number of aromatic nitrogens is 2. The zero-order chi connectivity index (χ0) is 34.2. The second-order valence-electron chi connectivity index (χ2n) is 14.2. The van der Waals surface area contributed by atoms with Crippen LogP contribution in [0.5, 0.6) is 0 Å². The predicted molar refractivity (Wildman–Crippen MR) is 192 cm³/mol. The molecular formula is C40H43N5. The highest BCUT2D eigenvalue weighted by Crippen LogP contribution is 2.43. The van der Waals surface area contributed by atoms with Gasteiger partial charge in [-0.15, -0.1) is 0 Å². The molecule has 0 aliphatic carbocycles. The van der Waals surface area contributed by atoms with E-state index in [9.17, 15) is 0 Å². The number of nitrogens with zero attached hydrogens (tertiary/aromatic N) is 5. The topological polar surface area (TPSA) is 27.5 Å². The van der Waals surface area contributed by atoms with Crippen molar-refractivity contribution in [2.24, 2.45) is 0 Å². The third-order valence-electron chi connectivity index (χ3n) is 9.12. The van der Waals surface area contributed by atoms with Gasteiger partial charge in [-0.2, -0.15) is 0 Å². The molecule has 4 aromatic carbocycles. The Hall–Kier alpha value is -4.77. The first kappa shape index (κ1) is 25.5. The summed E-state index contributed by atoms with van der Waals surface area (Å²) in [7, 11) is 2.08. The van der Waals surface area contributed by atoms with E-state index in [4.69, 9.17) is 9.10 Å². The number of rotatable bonds is 4. The van der Waals surface area contributed by atoms with Crippen LogP contribution >= 0.6 is 0 Å². The van der Waals surface area contributed by atoms with Gasteiger partial charge in [-0.1, -0.05) is 77.9 Å². The maximum Gasteiger partial charge on any atom is 0.137 e. The van der Waals surface area contributed by atoms with Crippen LogP contribution < -0.4 is 14.7 Å². The third-order valence-corrected chi connectivity index (χ3v) is 9.12. The van der Waals surface area contributed by atoms with Gasteiger partial charge in [0, 0.05) is 52.2 Å². The van der Waals surface area contributed by atoms with Crippen molar-refractivity contribution >= 4 is 50.2 Å². The Morgan fingerprint density at radius 3 is 2.20 bits per heavy atom. The predicted octanol–water partition coefficient (Wildman–Crippen LogP) is 10.1. The Balaban J connectivity index is 1.31. The van der Waals surface area contributed by atoms with Crippen LogP contribution in [0.1, 0.15) is 56.8 Å². The molecule has 1 aliphatic heterocycles. The highest BCUT2D eigenvalue weighted by atomic mass is 15.4. The molecule has 0 atom stereocenters. The van der Waals surface area contributed by atoms with E-state index >= 15 is 0 Å². The summed E-state index contributed by atoms with van der Waals surface area (Å²) in [5, 5.41) is 2.36. The van der Waals surface area contributed by atoms with E-state index in [-0.39, 0.29) is 17.5 Å². The van der Waals surface area contributed by atoms with Gasteiger partial charge < -0.3 is 14.7 Å². The van der Waals surface area contributed by atoms with Crippen molar-refractivity contribution in [2.45, 2.75) is 52.4 Å². The largest absolute Gasteiger partial charge is 0.355 e. The van der Waals surface area contributed by atoms with Crippen LogP contribution in [-0.2, 0) is 10.8 Å². The van der Waals surface area contributed by atoms with Gasteiger partial charge in [-0.3, -0.25) is 4.57 Å². The lowest BCUT2D eigenvalue weighted by Crippen LogP contribution is -2.24. The zero-order valence-electron chi connectivity index (χ0n) is 30.3. The zero-order valence-corrected chi connectivity index (χ0v) is 27.3. The number of hydrogen-bond donors (Lipinski definition) is 0. The molecule has 0 saturated carbocycles. The van der Waals surface area contributed by atoms with Crippen LogP contribution in [0.2, 0.25) is 0 Å². The fourth-order valence-corrected chi connectivity index (χ4v) is 6.39. The summed E-state index contributed by atoms with van der Waals surface area (Å²) in [5.74, 6) is 0.900. The second kappa shape index (κ2) is 10.4. The average molecular weight is 597 g/mol. The average Bonchev–Trinajstić information content (AvgIpc) is 3.60. The van der Waals surface area contributed by atoms with E-state index in [2.05, 4.69) is 148 Å². The fourth-order valence-electron chi connectivity index (χ4n) is 6.39. The van der Waals surface area contributed by atoms with E-state index in [1.807, 2.05) is 18.3 Å². The van der Waals surface area contributed by atoms with Crippen molar-refractivity contribution in [3.8, 4) is 5.82 Å². The Labute approximate surface area is 271 Å². The normalized spacial score (nSPS) is 14.9. The number of fused-ring (bicyclic) bond motifs is 4. The minimum absolute atomic E-state index is 0.00245. The summed E-state index contributed by atoms with van der Waals surface area (Å²) in [4.78, 5) is 10.7. The molecule has 1 aliphatic rings. The molecule has 0 radical (unpaired) electrons. The van der Waals surface area contributed by atoms with Crippen molar-refractivity contribution in [2.75, 3.05) is 35.4 Å². The maximum absolute atomic E-state index is 8.26. The monoisotopic (exact) mass is 596 g/mol. The standard InChI is InChI=1S/C40H43N5/c1-39(2,3)27-16-19-35-37(22-27)44(26-42(35)7)31-13-11-12-29(24-31)43(8)30-17-18-33-32-14-9-10-15-34(32)45(36(33)25-30)38-23-28(20-21-41-38)40(4,5)6/h9-25H,26H2,1-8H3/i7D3. The minimum atomic E-state index is -2.25. The van der Waals surface area contributed by atoms with E-state index in [1.54, 1.807) is 0 Å². The van der Waals surface area contributed by atoms with Crippen molar-refractivity contribution in [1.29, 1.82) is 0 Å². The van der Waals surface area contributed by atoms with Crippen LogP contribution in [0.3, 0.4) is 0 Å². The van der Waals surface area contributed by atoms with Crippen LogP contribution in [-0.4, -0.2) is 30.2 Å². The van der Waals surface area contributed by atoms with Gasteiger partial charge in [0.1, 0.15) is 5.82 Å². The number of hydrogen-bond acceptors (Lipinski definition) is 4. The molecule has 2 aromatic heterocycles. The molecular weight excluding hydrogens is 550 g/mol. The Morgan fingerprint density at radius 1 is 0.689 bits per heavy atom. The first-order valence-corrected chi connectivity index (χ1v) is 15.6. The summed E-state index contributed by atoms with van der Waals surface area (Å²) in [5.41, 5.74) is 9.16. The summed E-state index contributed by atoms with van der Waals surface area (Å²) >= 11 is 0. The molecule has 3 heterocycles. The molecule has 45 heavy (non-hydrogen) atoms. The molecule has 0 N–H and O–H groups in total. The van der Waals surface area contributed by atoms with Gasteiger partial charge in [0.25, 0.3) is 0 Å². The van der Waals surface area contributed by atoms with Gasteiger partial charge in [-0.05, 0) is 82.6 Å². The van der Waals surface area contributed by atoms with Crippen molar-refractivity contribution in [3.05, 3.63) is 114 Å². The molecule has 0 saturated heterocycles. The summed E-state index contributed by atoms with van der Waals surface area (Å²) in [6, 6.07) is 33.9. The molecule has 228 valence electrons. The van der Waals surface area contributed by atoms with E-state index < -0.39 is 6.98 Å². The SMILES string of the molecule is [2H]C([2H])([2H])N1CN(c2cccc(N(C)c3ccc4c5ccccc5n(-c5cc(C(C)(C)C)ccn5)c4c3)c2)c2cc(C(C)(C)C)ccc21. The smallest absolute Gasteiger partial charge is 0.137 e. The minimum Gasteiger partial charge on any atom is -0.355 e. The number of para-hydroxylation sites is 1. The lowest BCUT2D eigenvalue weighted by Gasteiger charge is -2.25. The van der Waals surface area contributed by atoms with Gasteiger partial charge in [0.2, 0.25) is 0 Å². The number of anilines is 5. The lowest BCUT2D eigenvalue weighted by atomic mass is 9.86. The van der Waals surface area contributed by atoms with Gasteiger partial charge in [0.15, 0.2) is 0 Å². The van der Waals surface area contributed by atoms with Crippen molar-refractivity contribution in [1.82, 2.24) is 9.55 Å². The lowest BCUT2D eigenvalue weighted by molar-refractivity contribution is 0.588. The number of pyridine rings is 1.